The summed E-state index contributed by atoms with van der Waals surface area (Å²) in [6.45, 7) is 21.9. The van der Waals surface area contributed by atoms with Crippen LogP contribution in [0.3, 0.4) is 0 Å². The van der Waals surface area contributed by atoms with Gasteiger partial charge in [-0.3, -0.25) is 4.79 Å². The molecule has 2 heteroatoms. The van der Waals surface area contributed by atoms with Crippen molar-refractivity contribution in [2.75, 3.05) is 7.11 Å². The second kappa shape index (κ2) is 8.27. The molecule has 0 spiro atoms. The van der Waals surface area contributed by atoms with E-state index in [0.29, 0.717) is 34.5 Å². The Hall–Kier alpha value is -1.05. The molecule has 3 saturated carbocycles. The number of allylic oxidation sites excluding steroid dienone is 3. The molecule has 0 unspecified atom stereocenters. The van der Waals surface area contributed by atoms with Crippen LogP contribution >= 0.6 is 0 Å². The lowest BCUT2D eigenvalue weighted by molar-refractivity contribution is -0.150. The number of ether oxygens (including phenoxy) is 1. The molecule has 186 valence electrons. The average molecular weight is 455 g/mol. The summed E-state index contributed by atoms with van der Waals surface area (Å²) in [6, 6.07) is 0. The first-order valence-corrected chi connectivity index (χ1v) is 13.8. The number of carbonyl (C=O) groups excluding carboxylic acids is 1. The minimum atomic E-state index is -0.0783. The Morgan fingerprint density at radius 1 is 1.09 bits per heavy atom. The van der Waals surface area contributed by atoms with Crippen LogP contribution in [0.2, 0.25) is 0 Å². The molecule has 0 aromatic rings. The normalized spacial score (nSPS) is 46.8. The molecule has 4 aliphatic carbocycles. The van der Waals surface area contributed by atoms with Gasteiger partial charge in [0.05, 0.1) is 7.11 Å². The topological polar surface area (TPSA) is 26.3 Å². The second-order valence-corrected chi connectivity index (χ2v) is 13.7. The summed E-state index contributed by atoms with van der Waals surface area (Å²) in [5.74, 6) is 3.51. The van der Waals surface area contributed by atoms with E-state index in [1.165, 1.54) is 57.6 Å². The van der Waals surface area contributed by atoms with Crippen molar-refractivity contribution in [3.63, 3.8) is 0 Å². The van der Waals surface area contributed by atoms with E-state index in [-0.39, 0.29) is 11.4 Å². The van der Waals surface area contributed by atoms with Crippen molar-refractivity contribution in [2.24, 2.45) is 51.2 Å². The number of esters is 1. The minimum absolute atomic E-state index is 0.0180. The van der Waals surface area contributed by atoms with Gasteiger partial charge in [0.15, 0.2) is 0 Å². The van der Waals surface area contributed by atoms with Crippen LogP contribution in [0, 0.1) is 51.2 Å². The van der Waals surface area contributed by atoms with Crippen LogP contribution < -0.4 is 0 Å². The Morgan fingerprint density at radius 3 is 2.39 bits per heavy atom. The second-order valence-electron chi connectivity index (χ2n) is 13.7. The van der Waals surface area contributed by atoms with Crippen LogP contribution in [0.15, 0.2) is 23.8 Å². The zero-order chi connectivity index (χ0) is 24.4. The molecule has 0 heterocycles. The van der Waals surface area contributed by atoms with Gasteiger partial charge in [0.25, 0.3) is 0 Å². The van der Waals surface area contributed by atoms with Crippen LogP contribution in [0.1, 0.15) is 106 Å². The fraction of sp³-hybridized carbons (Fsp3) is 0.839. The highest BCUT2D eigenvalue weighted by Crippen LogP contribution is 2.75. The third kappa shape index (κ3) is 3.43. The van der Waals surface area contributed by atoms with E-state index < -0.39 is 0 Å². The van der Waals surface area contributed by atoms with Gasteiger partial charge in [-0.2, -0.15) is 0 Å². The molecule has 4 rings (SSSR count). The quantitative estimate of drug-likeness (QED) is 0.308. The van der Waals surface area contributed by atoms with E-state index in [4.69, 9.17) is 4.74 Å². The van der Waals surface area contributed by atoms with Crippen LogP contribution in [0.5, 0.6) is 0 Å². The Labute approximate surface area is 204 Å². The molecular weight excluding hydrogens is 404 g/mol. The van der Waals surface area contributed by atoms with Gasteiger partial charge in [-0.15, -0.1) is 0 Å². The fourth-order valence-corrected chi connectivity index (χ4v) is 10.3. The summed E-state index contributed by atoms with van der Waals surface area (Å²) < 4.78 is 5.05. The van der Waals surface area contributed by atoms with Gasteiger partial charge in [-0.25, -0.2) is 0 Å². The molecule has 0 aromatic heterocycles. The molecule has 3 fully saturated rings. The number of carbonyl (C=O) groups is 1. The molecule has 0 radical (unpaired) electrons. The highest BCUT2D eigenvalue weighted by molar-refractivity contribution is 5.69. The Kier molecular flexibility index (Phi) is 6.28. The number of fused-ring (bicyclic) bond motifs is 5. The molecule has 2 nitrogen and oxygen atoms in total. The van der Waals surface area contributed by atoms with Crippen molar-refractivity contribution in [3.8, 4) is 0 Å². The Bertz CT molecular complexity index is 838. The molecule has 0 aromatic carbocycles. The van der Waals surface area contributed by atoms with Crippen molar-refractivity contribution in [1.29, 1.82) is 0 Å². The zero-order valence-electron chi connectivity index (χ0n) is 22.9. The van der Waals surface area contributed by atoms with E-state index >= 15 is 0 Å². The summed E-state index contributed by atoms with van der Waals surface area (Å²) in [5.41, 5.74) is 4.18. The fourth-order valence-electron chi connectivity index (χ4n) is 10.3. The SMILES string of the molecule is C=C(C)[C@@H]1CC[C@@H]2C(=CC[C@@]3(C)[C@@H]4CC[C@H](C(C)C)[C@@]4(C)CC[C@]23C)[C@@]1(C)CCC(=O)OC. The molecule has 0 saturated heterocycles. The molecule has 8 atom stereocenters. The lowest BCUT2D eigenvalue weighted by Gasteiger charge is -2.67. The van der Waals surface area contributed by atoms with Crippen molar-refractivity contribution in [1.82, 2.24) is 0 Å². The summed E-state index contributed by atoms with van der Waals surface area (Å²) >= 11 is 0. The van der Waals surface area contributed by atoms with E-state index in [0.717, 1.165) is 24.2 Å². The zero-order valence-corrected chi connectivity index (χ0v) is 22.9. The highest BCUT2D eigenvalue weighted by atomic mass is 16.5. The average Bonchev–Trinajstić information content (AvgIpc) is 3.12. The number of hydrogen-bond donors (Lipinski definition) is 0. The summed E-state index contributed by atoms with van der Waals surface area (Å²) in [5, 5.41) is 0. The third-order valence-corrected chi connectivity index (χ3v) is 12.2. The van der Waals surface area contributed by atoms with Gasteiger partial charge in [0.1, 0.15) is 0 Å². The predicted molar refractivity (Wildman–Crippen MR) is 138 cm³/mol. The smallest absolute Gasteiger partial charge is 0.305 e. The summed E-state index contributed by atoms with van der Waals surface area (Å²) in [4.78, 5) is 12.2. The first-order valence-electron chi connectivity index (χ1n) is 13.8. The van der Waals surface area contributed by atoms with Gasteiger partial charge >= 0.3 is 5.97 Å². The lowest BCUT2D eigenvalue weighted by Crippen LogP contribution is -2.60. The van der Waals surface area contributed by atoms with Crippen LogP contribution in [0.25, 0.3) is 0 Å². The van der Waals surface area contributed by atoms with E-state index in [9.17, 15) is 4.79 Å². The van der Waals surface area contributed by atoms with Crippen LogP contribution in [-0.4, -0.2) is 13.1 Å². The monoisotopic (exact) mass is 454 g/mol. The first kappa shape index (κ1) is 25.1. The Balaban J connectivity index is 1.74. The number of rotatable bonds is 5. The van der Waals surface area contributed by atoms with Crippen molar-refractivity contribution < 1.29 is 9.53 Å². The maximum atomic E-state index is 12.2. The van der Waals surface area contributed by atoms with Gasteiger partial charge in [0, 0.05) is 6.42 Å². The third-order valence-electron chi connectivity index (χ3n) is 12.2. The standard InChI is InChI=1S/C31H50O2/c1-20(2)22-10-11-25-24(28(22,5)16-15-27(32)33-9)14-17-31(8)26-13-12-23(21(3)4)29(26,6)18-19-30(25,31)7/h14,21-23,25-26H,1,10-13,15-19H2,2-9H3/t22-,23+,25+,26+,28-,29+,30+,31-/m0/s1. The maximum absolute atomic E-state index is 12.2. The largest absolute Gasteiger partial charge is 0.469 e. The Morgan fingerprint density at radius 2 is 1.79 bits per heavy atom. The molecule has 0 bridgehead atoms. The van der Waals surface area contributed by atoms with Gasteiger partial charge < -0.3 is 4.74 Å². The molecule has 0 amide bonds. The molecule has 0 N–H and O–H groups in total. The molecule has 33 heavy (non-hydrogen) atoms. The van der Waals surface area contributed by atoms with Gasteiger partial charge in [0.2, 0.25) is 0 Å². The molecular formula is C31H50O2. The van der Waals surface area contributed by atoms with E-state index in [1.54, 1.807) is 5.57 Å². The van der Waals surface area contributed by atoms with Crippen LogP contribution in [-0.2, 0) is 9.53 Å². The first-order chi connectivity index (χ1) is 15.3. The van der Waals surface area contributed by atoms with Crippen LogP contribution in [0.4, 0.5) is 0 Å². The predicted octanol–water partition coefficient (Wildman–Crippen LogP) is 8.37. The summed E-state index contributed by atoms with van der Waals surface area (Å²) in [7, 11) is 1.52. The van der Waals surface area contributed by atoms with Crippen molar-refractivity contribution in [2.45, 2.75) is 106 Å². The highest BCUT2D eigenvalue weighted by Gasteiger charge is 2.67. The van der Waals surface area contributed by atoms with Crippen molar-refractivity contribution >= 4 is 5.97 Å². The maximum Gasteiger partial charge on any atom is 0.305 e. The number of methoxy groups -OCH3 is 1. The molecule has 4 aliphatic rings. The van der Waals surface area contributed by atoms with E-state index in [1.807, 2.05) is 0 Å². The van der Waals surface area contributed by atoms with Gasteiger partial charge in [-0.1, -0.05) is 65.3 Å². The van der Waals surface area contributed by atoms with Crippen molar-refractivity contribution in [3.05, 3.63) is 23.8 Å². The van der Waals surface area contributed by atoms with E-state index in [2.05, 4.69) is 61.1 Å². The minimum Gasteiger partial charge on any atom is -0.469 e. The molecule has 0 aliphatic heterocycles. The summed E-state index contributed by atoms with van der Waals surface area (Å²) in [6.07, 6.45) is 13.3. The number of hydrogen-bond acceptors (Lipinski definition) is 2. The lowest BCUT2D eigenvalue weighted by atomic mass is 9.37. The van der Waals surface area contributed by atoms with Gasteiger partial charge in [-0.05, 0) is 110 Å².